The minimum atomic E-state index is -0.680. The molecule has 4 rings (SSSR count). The smallest absolute Gasteiger partial charge is 0.336 e. The second kappa shape index (κ2) is 6.19. The molecule has 26 heavy (non-hydrogen) atoms. The van der Waals surface area contributed by atoms with Crippen LogP contribution in [-0.2, 0) is 0 Å². The van der Waals surface area contributed by atoms with Crippen LogP contribution in [0.5, 0.6) is 5.75 Å². The molecule has 5 heteroatoms. The number of para-hydroxylation sites is 1. The van der Waals surface area contributed by atoms with Gasteiger partial charge in [0.05, 0.1) is 0 Å². The Balaban J connectivity index is 1.65. The zero-order valence-corrected chi connectivity index (χ0v) is 14.4. The van der Waals surface area contributed by atoms with E-state index in [9.17, 15) is 9.59 Å². The van der Waals surface area contributed by atoms with Crippen LogP contribution in [0.1, 0.15) is 23.0 Å². The van der Waals surface area contributed by atoms with Gasteiger partial charge in [-0.15, -0.1) is 0 Å². The van der Waals surface area contributed by atoms with E-state index in [2.05, 4.69) is 4.98 Å². The van der Waals surface area contributed by atoms with Gasteiger partial charge in [-0.25, -0.2) is 4.79 Å². The highest BCUT2D eigenvalue weighted by Gasteiger charge is 2.23. The predicted octanol–water partition coefficient (Wildman–Crippen LogP) is 4.23. The summed E-state index contributed by atoms with van der Waals surface area (Å²) in [4.78, 5) is 27.6. The number of H-pyrrole nitrogens is 1. The van der Waals surface area contributed by atoms with Crippen LogP contribution >= 0.6 is 0 Å². The van der Waals surface area contributed by atoms with E-state index in [0.29, 0.717) is 16.9 Å². The van der Waals surface area contributed by atoms with Crippen LogP contribution in [-0.4, -0.2) is 16.9 Å². The molecule has 0 saturated heterocycles. The third-order valence-electron chi connectivity index (χ3n) is 4.42. The first-order valence-electron chi connectivity index (χ1n) is 8.35. The maximum absolute atomic E-state index is 12.9. The van der Waals surface area contributed by atoms with Gasteiger partial charge in [0.25, 0.3) is 0 Å². The molecule has 0 bridgehead atoms. The lowest BCUT2D eigenvalue weighted by molar-refractivity contribution is 0.0819. The van der Waals surface area contributed by atoms with Gasteiger partial charge in [-0.3, -0.25) is 4.79 Å². The highest BCUT2D eigenvalue weighted by atomic mass is 16.5. The van der Waals surface area contributed by atoms with Crippen LogP contribution in [0.4, 0.5) is 0 Å². The minimum Gasteiger partial charge on any atom is -0.482 e. The van der Waals surface area contributed by atoms with Crippen LogP contribution in [0.2, 0.25) is 0 Å². The van der Waals surface area contributed by atoms with Gasteiger partial charge in [-0.2, -0.15) is 0 Å². The number of aromatic amines is 1. The third kappa shape index (κ3) is 2.77. The molecular formula is C21H17NO4. The Kier molecular flexibility index (Phi) is 3.84. The molecule has 0 aliphatic carbocycles. The highest BCUT2D eigenvalue weighted by molar-refractivity contribution is 6.11. The van der Waals surface area contributed by atoms with Crippen molar-refractivity contribution in [1.29, 1.82) is 0 Å². The second-order valence-electron chi connectivity index (χ2n) is 6.25. The molecule has 1 N–H and O–H groups in total. The normalized spacial score (nSPS) is 12.4. The molecule has 0 aliphatic heterocycles. The number of hydrogen-bond acceptors (Lipinski definition) is 4. The molecule has 1 unspecified atom stereocenters. The summed E-state index contributed by atoms with van der Waals surface area (Å²) in [7, 11) is 0. The van der Waals surface area contributed by atoms with E-state index in [1.54, 1.807) is 31.2 Å². The summed E-state index contributed by atoms with van der Waals surface area (Å²) < 4.78 is 11.0. The summed E-state index contributed by atoms with van der Waals surface area (Å²) in [6.07, 6.45) is -0.680. The van der Waals surface area contributed by atoms with Crippen molar-refractivity contribution in [2.24, 2.45) is 0 Å². The monoisotopic (exact) mass is 347 g/mol. The first-order valence-corrected chi connectivity index (χ1v) is 8.35. The quantitative estimate of drug-likeness (QED) is 0.443. The van der Waals surface area contributed by atoms with Crippen LogP contribution in [0.15, 0.2) is 63.8 Å². The molecular weight excluding hydrogens is 330 g/mol. The number of fused-ring (bicyclic) bond motifs is 2. The summed E-state index contributed by atoms with van der Waals surface area (Å²) in [5.74, 6) is 0.375. The van der Waals surface area contributed by atoms with Crippen LogP contribution in [0.25, 0.3) is 21.9 Å². The van der Waals surface area contributed by atoms with Gasteiger partial charge in [0.1, 0.15) is 11.3 Å². The van der Waals surface area contributed by atoms with E-state index < -0.39 is 11.7 Å². The molecule has 1 atom stereocenters. The molecule has 0 fully saturated rings. The van der Waals surface area contributed by atoms with E-state index in [0.717, 1.165) is 22.0 Å². The van der Waals surface area contributed by atoms with E-state index in [1.165, 1.54) is 6.07 Å². The van der Waals surface area contributed by atoms with Crippen molar-refractivity contribution in [2.75, 3.05) is 0 Å². The van der Waals surface area contributed by atoms with Crippen molar-refractivity contribution in [3.05, 3.63) is 76.3 Å². The zero-order chi connectivity index (χ0) is 18.3. The number of hydrogen-bond donors (Lipinski definition) is 1. The van der Waals surface area contributed by atoms with Crippen molar-refractivity contribution in [2.45, 2.75) is 20.0 Å². The fourth-order valence-corrected chi connectivity index (χ4v) is 3.17. The highest BCUT2D eigenvalue weighted by Crippen LogP contribution is 2.25. The van der Waals surface area contributed by atoms with E-state index in [4.69, 9.17) is 9.15 Å². The van der Waals surface area contributed by atoms with Gasteiger partial charge in [-0.05, 0) is 38.1 Å². The van der Waals surface area contributed by atoms with Gasteiger partial charge < -0.3 is 14.1 Å². The number of benzene rings is 2. The Hall–Kier alpha value is -3.34. The molecule has 4 aromatic rings. The number of aromatic nitrogens is 1. The number of carbonyl (C=O) groups is 1. The molecule has 2 aromatic heterocycles. The number of ether oxygens (including phenoxy) is 1. The zero-order valence-electron chi connectivity index (χ0n) is 14.4. The topological polar surface area (TPSA) is 72.3 Å². The number of nitrogens with one attached hydrogen (secondary N) is 1. The molecule has 130 valence electrons. The average molecular weight is 347 g/mol. The van der Waals surface area contributed by atoms with Gasteiger partial charge in [0.2, 0.25) is 5.78 Å². The fraction of sp³-hybridized carbons (Fsp3) is 0.143. The first-order chi connectivity index (χ1) is 12.5. The molecule has 2 heterocycles. The summed E-state index contributed by atoms with van der Waals surface area (Å²) >= 11 is 0. The maximum Gasteiger partial charge on any atom is 0.336 e. The Morgan fingerprint density at radius 1 is 1.12 bits per heavy atom. The number of aryl methyl sites for hydroxylation is 1. The number of Topliss-reactive ketones (excluding diaryl/α,β-unsaturated/α-hetero) is 1. The minimum absolute atomic E-state index is 0.102. The molecule has 0 saturated carbocycles. The van der Waals surface area contributed by atoms with Crippen molar-refractivity contribution >= 4 is 27.7 Å². The Morgan fingerprint density at radius 3 is 2.73 bits per heavy atom. The standard InChI is InChI=1S/C21H17NO4/c1-12-20(16-5-3-4-6-17(16)22-12)21(24)13(2)25-15-9-7-14-8-10-19(23)26-18(14)11-15/h3-11,13,22H,1-2H3. The lowest BCUT2D eigenvalue weighted by Gasteiger charge is -2.14. The molecule has 2 aromatic carbocycles. The Bertz CT molecular complexity index is 1190. The number of carbonyl (C=O) groups excluding carboxylic acids is 1. The number of rotatable bonds is 4. The molecule has 5 nitrogen and oxygen atoms in total. The van der Waals surface area contributed by atoms with Crippen molar-refractivity contribution in [1.82, 2.24) is 4.98 Å². The predicted molar refractivity (Wildman–Crippen MR) is 99.9 cm³/mol. The van der Waals surface area contributed by atoms with Crippen molar-refractivity contribution in [3.63, 3.8) is 0 Å². The second-order valence-corrected chi connectivity index (χ2v) is 6.25. The van der Waals surface area contributed by atoms with Crippen LogP contribution in [0, 0.1) is 6.92 Å². The van der Waals surface area contributed by atoms with Crippen LogP contribution < -0.4 is 10.4 Å². The van der Waals surface area contributed by atoms with E-state index >= 15 is 0 Å². The summed E-state index contributed by atoms with van der Waals surface area (Å²) in [5.41, 5.74) is 2.38. The molecule has 0 amide bonds. The third-order valence-corrected chi connectivity index (χ3v) is 4.42. The maximum atomic E-state index is 12.9. The Labute approximate surface area is 149 Å². The van der Waals surface area contributed by atoms with Crippen molar-refractivity contribution < 1.29 is 13.9 Å². The summed E-state index contributed by atoms with van der Waals surface area (Å²) in [6, 6.07) is 15.9. The van der Waals surface area contributed by atoms with E-state index in [-0.39, 0.29) is 5.78 Å². The lowest BCUT2D eigenvalue weighted by atomic mass is 10.0. The lowest BCUT2D eigenvalue weighted by Crippen LogP contribution is -2.24. The summed E-state index contributed by atoms with van der Waals surface area (Å²) in [6.45, 7) is 3.60. The van der Waals surface area contributed by atoms with Gasteiger partial charge in [0.15, 0.2) is 6.10 Å². The largest absolute Gasteiger partial charge is 0.482 e. The summed E-state index contributed by atoms with van der Waals surface area (Å²) in [5, 5.41) is 1.68. The fourth-order valence-electron chi connectivity index (χ4n) is 3.17. The number of ketones is 1. The molecule has 0 radical (unpaired) electrons. The van der Waals surface area contributed by atoms with Gasteiger partial charge in [0, 0.05) is 39.7 Å². The van der Waals surface area contributed by atoms with Gasteiger partial charge >= 0.3 is 5.63 Å². The van der Waals surface area contributed by atoms with Crippen molar-refractivity contribution in [3.8, 4) is 5.75 Å². The van der Waals surface area contributed by atoms with Crippen LogP contribution in [0.3, 0.4) is 0 Å². The average Bonchev–Trinajstić information content (AvgIpc) is 2.96. The van der Waals surface area contributed by atoms with E-state index in [1.807, 2.05) is 31.2 Å². The van der Waals surface area contributed by atoms with Gasteiger partial charge in [-0.1, -0.05) is 18.2 Å². The molecule has 0 spiro atoms. The Morgan fingerprint density at radius 2 is 1.88 bits per heavy atom. The SMILES string of the molecule is Cc1[nH]c2ccccc2c1C(=O)C(C)Oc1ccc2ccc(=O)oc2c1. The molecule has 0 aliphatic rings. The first kappa shape index (κ1) is 16.1.